The molecule has 0 fully saturated rings. The van der Waals surface area contributed by atoms with Crippen molar-refractivity contribution in [2.45, 2.75) is 12.3 Å². The van der Waals surface area contributed by atoms with Gasteiger partial charge in [0.1, 0.15) is 0 Å². The molecular weight excluding hydrogens is 174 g/mol. The second-order valence-electron chi connectivity index (χ2n) is 1.88. The molecule has 2 nitrogen and oxygen atoms in total. The maximum absolute atomic E-state index is 11.8. The van der Waals surface area contributed by atoms with Crippen molar-refractivity contribution in [2.24, 2.45) is 0 Å². The lowest BCUT2D eigenvalue weighted by Crippen LogP contribution is -1.95. The van der Waals surface area contributed by atoms with E-state index in [1.54, 1.807) is 0 Å². The van der Waals surface area contributed by atoms with Crippen molar-refractivity contribution in [1.29, 1.82) is 0 Å². The van der Waals surface area contributed by atoms with Gasteiger partial charge < -0.3 is 0 Å². The number of aromatic nitrogens is 2. The molecule has 0 saturated heterocycles. The van der Waals surface area contributed by atoms with Gasteiger partial charge in [0.25, 0.3) is 6.43 Å². The van der Waals surface area contributed by atoms with Gasteiger partial charge in [-0.15, -0.1) is 11.6 Å². The Hall–Kier alpha value is -0.770. The Bertz CT molecular complexity index is 225. The van der Waals surface area contributed by atoms with Gasteiger partial charge in [-0.05, 0) is 0 Å². The normalized spacial score (nSPS) is 10.5. The molecule has 0 saturated carbocycles. The maximum Gasteiger partial charge on any atom is 0.297 e. The first-order chi connectivity index (χ1) is 5.24. The van der Waals surface area contributed by atoms with E-state index in [9.17, 15) is 8.78 Å². The van der Waals surface area contributed by atoms with E-state index in [0.717, 1.165) is 0 Å². The molecule has 0 aliphatic carbocycles. The molecule has 0 spiro atoms. The fourth-order valence-electron chi connectivity index (χ4n) is 0.546. The van der Waals surface area contributed by atoms with Crippen LogP contribution >= 0.6 is 11.6 Å². The summed E-state index contributed by atoms with van der Waals surface area (Å²) in [5.74, 6) is -0.220. The van der Waals surface area contributed by atoms with Crippen LogP contribution in [0.2, 0.25) is 0 Å². The van der Waals surface area contributed by atoms with Gasteiger partial charge in [-0.1, -0.05) is 0 Å². The average Bonchev–Trinajstić information content (AvgIpc) is 2.05. The van der Waals surface area contributed by atoms with Gasteiger partial charge in [-0.2, -0.15) is 0 Å². The molecule has 0 bridgehead atoms. The Kier molecular flexibility index (Phi) is 2.70. The number of nitrogens with zero attached hydrogens (tertiary/aromatic N) is 2. The molecule has 1 aromatic rings. The molecule has 0 atom stereocenters. The van der Waals surface area contributed by atoms with Crippen LogP contribution in [-0.2, 0) is 5.88 Å². The quantitative estimate of drug-likeness (QED) is 0.649. The van der Waals surface area contributed by atoms with E-state index in [1.165, 1.54) is 12.4 Å². The predicted octanol–water partition coefficient (Wildman–Crippen LogP) is 2.15. The first-order valence-corrected chi connectivity index (χ1v) is 3.42. The summed E-state index contributed by atoms with van der Waals surface area (Å²) in [4.78, 5) is 6.81. The fourth-order valence-corrected chi connectivity index (χ4v) is 0.684. The number of hydrogen-bond acceptors (Lipinski definition) is 2. The summed E-state index contributed by atoms with van der Waals surface area (Å²) in [5.41, 5.74) is 0.635. The Morgan fingerprint density at radius 2 is 1.91 bits per heavy atom. The van der Waals surface area contributed by atoms with Crippen molar-refractivity contribution in [3.63, 3.8) is 0 Å². The van der Waals surface area contributed by atoms with Crippen molar-refractivity contribution in [3.8, 4) is 0 Å². The Morgan fingerprint density at radius 1 is 1.36 bits per heavy atom. The molecule has 0 radical (unpaired) electrons. The standard InChI is InChI=1S/C6H5ClF2N2/c7-1-4-2-10-6(5(8)9)11-3-4/h2-3,5H,1H2. The van der Waals surface area contributed by atoms with Gasteiger partial charge in [0.2, 0.25) is 0 Å². The SMILES string of the molecule is FC(F)c1ncc(CCl)cn1. The van der Waals surface area contributed by atoms with Gasteiger partial charge in [0.15, 0.2) is 5.82 Å². The number of alkyl halides is 3. The Morgan fingerprint density at radius 3 is 2.27 bits per heavy atom. The van der Waals surface area contributed by atoms with Crippen LogP contribution < -0.4 is 0 Å². The predicted molar refractivity (Wildman–Crippen MR) is 36.5 cm³/mol. The van der Waals surface area contributed by atoms with Crippen LogP contribution in [0.5, 0.6) is 0 Å². The molecule has 0 unspecified atom stereocenters. The van der Waals surface area contributed by atoms with Gasteiger partial charge in [-0.3, -0.25) is 0 Å². The van der Waals surface area contributed by atoms with Crippen molar-refractivity contribution >= 4 is 11.6 Å². The lowest BCUT2D eigenvalue weighted by atomic mass is 10.4. The van der Waals surface area contributed by atoms with Gasteiger partial charge >= 0.3 is 0 Å². The number of halogens is 3. The zero-order valence-corrected chi connectivity index (χ0v) is 6.22. The molecule has 1 rings (SSSR count). The molecule has 11 heavy (non-hydrogen) atoms. The summed E-state index contributed by atoms with van der Waals surface area (Å²) in [6, 6.07) is 0. The minimum Gasteiger partial charge on any atom is -0.236 e. The third-order valence-corrected chi connectivity index (χ3v) is 1.38. The van der Waals surface area contributed by atoms with Crippen LogP contribution in [0.4, 0.5) is 8.78 Å². The van der Waals surface area contributed by atoms with Crippen LogP contribution in [0.25, 0.3) is 0 Å². The Balaban J connectivity index is 2.83. The number of rotatable bonds is 2. The minimum atomic E-state index is -2.61. The molecule has 0 aliphatic rings. The van der Waals surface area contributed by atoms with E-state index in [-0.39, 0.29) is 5.88 Å². The second kappa shape index (κ2) is 3.57. The van der Waals surface area contributed by atoms with E-state index in [4.69, 9.17) is 11.6 Å². The maximum atomic E-state index is 11.8. The third kappa shape index (κ3) is 2.08. The molecule has 60 valence electrons. The highest BCUT2D eigenvalue weighted by atomic mass is 35.5. The highest BCUT2D eigenvalue weighted by Gasteiger charge is 2.08. The summed E-state index contributed by atoms with van der Waals surface area (Å²) in [5, 5.41) is 0. The third-order valence-electron chi connectivity index (χ3n) is 1.07. The topological polar surface area (TPSA) is 25.8 Å². The van der Waals surface area contributed by atoms with Crippen molar-refractivity contribution in [2.75, 3.05) is 0 Å². The van der Waals surface area contributed by atoms with Crippen LogP contribution in [0, 0.1) is 0 Å². The van der Waals surface area contributed by atoms with Crippen LogP contribution in [0.15, 0.2) is 12.4 Å². The van der Waals surface area contributed by atoms with Crippen LogP contribution in [0.1, 0.15) is 17.8 Å². The largest absolute Gasteiger partial charge is 0.297 e. The monoisotopic (exact) mass is 178 g/mol. The zero-order chi connectivity index (χ0) is 8.27. The summed E-state index contributed by atoms with van der Waals surface area (Å²) in [6.45, 7) is 0. The summed E-state index contributed by atoms with van der Waals surface area (Å²) < 4.78 is 23.7. The summed E-state index contributed by atoms with van der Waals surface area (Å²) in [7, 11) is 0. The Labute approximate surface area is 67.2 Å². The molecule has 5 heteroatoms. The van der Waals surface area contributed by atoms with E-state index in [0.29, 0.717) is 5.56 Å². The summed E-state index contributed by atoms with van der Waals surface area (Å²) in [6.07, 6.45) is -0.0254. The highest BCUT2D eigenvalue weighted by molar-refractivity contribution is 6.17. The summed E-state index contributed by atoms with van der Waals surface area (Å²) >= 11 is 5.39. The first kappa shape index (κ1) is 8.33. The lowest BCUT2D eigenvalue weighted by Gasteiger charge is -1.97. The lowest BCUT2D eigenvalue weighted by molar-refractivity contribution is 0.140. The zero-order valence-electron chi connectivity index (χ0n) is 5.47. The molecule has 0 N–H and O–H groups in total. The van der Waals surface area contributed by atoms with Crippen LogP contribution in [-0.4, -0.2) is 9.97 Å². The molecule has 1 heterocycles. The van der Waals surface area contributed by atoms with E-state index in [2.05, 4.69) is 9.97 Å². The first-order valence-electron chi connectivity index (χ1n) is 2.89. The fraction of sp³-hybridized carbons (Fsp3) is 0.333. The van der Waals surface area contributed by atoms with Crippen molar-refractivity contribution in [1.82, 2.24) is 9.97 Å². The van der Waals surface area contributed by atoms with Gasteiger partial charge in [0, 0.05) is 18.0 Å². The minimum absolute atomic E-state index is 0.240. The second-order valence-corrected chi connectivity index (χ2v) is 2.15. The number of hydrogen-bond donors (Lipinski definition) is 0. The van der Waals surface area contributed by atoms with E-state index < -0.39 is 12.2 Å². The molecular formula is C6H5ClF2N2. The van der Waals surface area contributed by atoms with Crippen molar-refractivity contribution in [3.05, 3.63) is 23.8 Å². The van der Waals surface area contributed by atoms with Crippen molar-refractivity contribution < 1.29 is 8.78 Å². The van der Waals surface area contributed by atoms with Gasteiger partial charge in [0.05, 0.1) is 5.88 Å². The molecule has 0 aromatic carbocycles. The molecule has 0 aliphatic heterocycles. The van der Waals surface area contributed by atoms with E-state index in [1.807, 2.05) is 0 Å². The molecule has 1 aromatic heterocycles. The smallest absolute Gasteiger partial charge is 0.236 e. The van der Waals surface area contributed by atoms with E-state index >= 15 is 0 Å². The highest BCUT2D eigenvalue weighted by Crippen LogP contribution is 2.13. The van der Waals surface area contributed by atoms with Gasteiger partial charge in [-0.25, -0.2) is 18.7 Å². The average molecular weight is 179 g/mol. The van der Waals surface area contributed by atoms with Crippen LogP contribution in [0.3, 0.4) is 0 Å². The molecule has 0 amide bonds.